The van der Waals surface area contributed by atoms with E-state index in [0.29, 0.717) is 12.3 Å². The van der Waals surface area contributed by atoms with E-state index in [-0.39, 0.29) is 30.8 Å². The Hall–Kier alpha value is -2.00. The van der Waals surface area contributed by atoms with Gasteiger partial charge in [-0.25, -0.2) is 9.48 Å². The van der Waals surface area contributed by atoms with Gasteiger partial charge >= 0.3 is 5.97 Å². The van der Waals surface area contributed by atoms with Crippen molar-refractivity contribution in [3.8, 4) is 0 Å². The Morgan fingerprint density at radius 3 is 2.57 bits per heavy atom. The van der Waals surface area contributed by atoms with E-state index in [1.54, 1.807) is 7.11 Å². The maximum Gasteiger partial charge on any atom is 0.360 e. The normalized spacial score (nSPS) is 12.0. The molecule has 1 N–H and O–H groups in total. The maximum atomic E-state index is 11.9. The molecule has 118 valence electrons. The van der Waals surface area contributed by atoms with Crippen LogP contribution < -0.4 is 5.32 Å². The SMILES string of the molecule is COCc1c(C(=O)OC)nnn1CC(=O)NC(C)COC. The molecule has 0 radical (unpaired) electrons. The molecule has 0 aromatic carbocycles. The van der Waals surface area contributed by atoms with E-state index in [9.17, 15) is 9.59 Å². The van der Waals surface area contributed by atoms with Gasteiger partial charge in [-0.2, -0.15) is 0 Å². The van der Waals surface area contributed by atoms with Crippen LogP contribution in [0.3, 0.4) is 0 Å². The first kappa shape index (κ1) is 17.1. The largest absolute Gasteiger partial charge is 0.464 e. The van der Waals surface area contributed by atoms with Crippen LogP contribution in [0.1, 0.15) is 23.1 Å². The topological polar surface area (TPSA) is 105 Å². The minimum Gasteiger partial charge on any atom is -0.464 e. The standard InChI is InChI=1S/C12H20N4O5/c1-8(6-19-2)13-10(17)5-16-9(7-20-3)11(14-15-16)12(18)21-4/h8H,5-7H2,1-4H3,(H,13,17). The molecule has 1 heterocycles. The fourth-order valence-electron chi connectivity index (χ4n) is 1.74. The van der Waals surface area contributed by atoms with Crippen molar-refractivity contribution in [2.45, 2.75) is 26.1 Å². The summed E-state index contributed by atoms with van der Waals surface area (Å²) in [7, 11) is 4.27. The molecule has 1 aromatic rings. The monoisotopic (exact) mass is 300 g/mol. The Morgan fingerprint density at radius 1 is 1.29 bits per heavy atom. The highest BCUT2D eigenvalue weighted by Crippen LogP contribution is 2.08. The fraction of sp³-hybridized carbons (Fsp3) is 0.667. The van der Waals surface area contributed by atoms with E-state index in [4.69, 9.17) is 9.47 Å². The third-order valence-corrected chi connectivity index (χ3v) is 2.61. The molecule has 9 heteroatoms. The van der Waals surface area contributed by atoms with E-state index in [0.717, 1.165) is 0 Å². The number of nitrogens with one attached hydrogen (secondary N) is 1. The molecule has 0 saturated heterocycles. The molecule has 1 rings (SSSR count). The summed E-state index contributed by atoms with van der Waals surface area (Å²) in [5, 5.41) is 10.3. The lowest BCUT2D eigenvalue weighted by molar-refractivity contribution is -0.122. The number of hydrogen-bond acceptors (Lipinski definition) is 7. The van der Waals surface area contributed by atoms with Gasteiger partial charge in [0.15, 0.2) is 5.69 Å². The Bertz CT molecular complexity index is 488. The van der Waals surface area contributed by atoms with Crippen LogP contribution >= 0.6 is 0 Å². The number of methoxy groups -OCH3 is 3. The molecule has 1 amide bonds. The van der Waals surface area contributed by atoms with Crippen LogP contribution in [0.2, 0.25) is 0 Å². The fourth-order valence-corrected chi connectivity index (χ4v) is 1.74. The number of carbonyl (C=O) groups excluding carboxylic acids is 2. The van der Waals surface area contributed by atoms with Crippen LogP contribution in [-0.2, 0) is 32.2 Å². The number of nitrogens with zero attached hydrogens (tertiary/aromatic N) is 3. The van der Waals surface area contributed by atoms with Crippen molar-refractivity contribution < 1.29 is 23.8 Å². The highest BCUT2D eigenvalue weighted by molar-refractivity contribution is 5.88. The summed E-state index contributed by atoms with van der Waals surface area (Å²) in [4.78, 5) is 23.5. The lowest BCUT2D eigenvalue weighted by Gasteiger charge is -2.13. The number of hydrogen-bond donors (Lipinski definition) is 1. The third-order valence-electron chi connectivity index (χ3n) is 2.61. The number of carbonyl (C=O) groups is 2. The molecule has 1 aromatic heterocycles. The summed E-state index contributed by atoms with van der Waals surface area (Å²) < 4.78 is 15.9. The van der Waals surface area contributed by atoms with Crippen molar-refractivity contribution in [1.29, 1.82) is 0 Å². The van der Waals surface area contributed by atoms with Gasteiger partial charge in [-0.05, 0) is 6.92 Å². The van der Waals surface area contributed by atoms with E-state index in [1.807, 2.05) is 6.92 Å². The van der Waals surface area contributed by atoms with Gasteiger partial charge in [0.1, 0.15) is 6.54 Å². The van der Waals surface area contributed by atoms with Gasteiger partial charge < -0.3 is 19.5 Å². The molecular weight excluding hydrogens is 280 g/mol. The van der Waals surface area contributed by atoms with E-state index in [1.165, 1.54) is 18.9 Å². The molecule has 0 bridgehead atoms. The molecule has 0 aliphatic carbocycles. The highest BCUT2D eigenvalue weighted by Gasteiger charge is 2.21. The number of amides is 1. The summed E-state index contributed by atoms with van der Waals surface area (Å²) in [5.74, 6) is -0.889. The number of ether oxygens (including phenoxy) is 3. The average molecular weight is 300 g/mol. The first-order valence-electron chi connectivity index (χ1n) is 6.31. The Kier molecular flexibility index (Phi) is 6.76. The molecule has 0 aliphatic rings. The van der Waals surface area contributed by atoms with Gasteiger partial charge in [0.05, 0.1) is 26.0 Å². The summed E-state index contributed by atoms with van der Waals surface area (Å²) >= 11 is 0. The molecule has 1 atom stereocenters. The first-order valence-corrected chi connectivity index (χ1v) is 6.31. The minimum absolute atomic E-state index is 0.0390. The lowest BCUT2D eigenvalue weighted by atomic mass is 10.3. The molecule has 0 aliphatic heterocycles. The van der Waals surface area contributed by atoms with Crippen LogP contribution in [0.5, 0.6) is 0 Å². The maximum absolute atomic E-state index is 11.9. The summed E-state index contributed by atoms with van der Waals surface area (Å²) in [6, 6.07) is -0.128. The number of rotatable bonds is 8. The zero-order chi connectivity index (χ0) is 15.8. The second-order valence-corrected chi connectivity index (χ2v) is 4.39. The third kappa shape index (κ3) is 4.80. The van der Waals surface area contributed by atoms with Crippen molar-refractivity contribution in [2.75, 3.05) is 27.9 Å². The van der Waals surface area contributed by atoms with Crippen LogP contribution in [0.4, 0.5) is 0 Å². The van der Waals surface area contributed by atoms with Gasteiger partial charge in [0.2, 0.25) is 5.91 Å². The van der Waals surface area contributed by atoms with Gasteiger partial charge in [-0.3, -0.25) is 4.79 Å². The molecule has 0 saturated carbocycles. The second kappa shape index (κ2) is 8.32. The summed E-state index contributed by atoms with van der Waals surface area (Å²) in [6.45, 7) is 2.25. The Balaban J connectivity index is 2.80. The van der Waals surface area contributed by atoms with Crippen molar-refractivity contribution in [3.05, 3.63) is 11.4 Å². The van der Waals surface area contributed by atoms with Crippen LogP contribution in [0, 0.1) is 0 Å². The zero-order valence-electron chi connectivity index (χ0n) is 12.6. The van der Waals surface area contributed by atoms with E-state index in [2.05, 4.69) is 20.4 Å². The molecule has 0 fully saturated rings. The zero-order valence-corrected chi connectivity index (χ0v) is 12.6. The van der Waals surface area contributed by atoms with Crippen molar-refractivity contribution in [2.24, 2.45) is 0 Å². The average Bonchev–Trinajstić information content (AvgIpc) is 2.81. The molecule has 0 spiro atoms. The summed E-state index contributed by atoms with van der Waals surface area (Å²) in [5.41, 5.74) is 0.427. The quantitative estimate of drug-likeness (QED) is 0.637. The molecule has 21 heavy (non-hydrogen) atoms. The van der Waals surface area contributed by atoms with E-state index >= 15 is 0 Å². The highest BCUT2D eigenvalue weighted by atomic mass is 16.5. The van der Waals surface area contributed by atoms with Crippen molar-refractivity contribution >= 4 is 11.9 Å². The van der Waals surface area contributed by atoms with Gasteiger partial charge in [0.25, 0.3) is 0 Å². The van der Waals surface area contributed by atoms with Crippen LogP contribution in [-0.4, -0.2) is 60.8 Å². The van der Waals surface area contributed by atoms with Crippen LogP contribution in [0.25, 0.3) is 0 Å². The first-order chi connectivity index (χ1) is 10.0. The smallest absolute Gasteiger partial charge is 0.360 e. The second-order valence-electron chi connectivity index (χ2n) is 4.39. The predicted octanol–water partition coefficient (Wildman–Crippen LogP) is -0.638. The lowest BCUT2D eigenvalue weighted by Crippen LogP contribution is -2.38. The summed E-state index contributed by atoms with van der Waals surface area (Å²) in [6.07, 6.45) is 0. The predicted molar refractivity (Wildman–Crippen MR) is 71.6 cm³/mol. The van der Waals surface area contributed by atoms with Crippen LogP contribution in [0.15, 0.2) is 0 Å². The molecule has 9 nitrogen and oxygen atoms in total. The molecule has 1 unspecified atom stereocenters. The Labute approximate surface area is 122 Å². The van der Waals surface area contributed by atoms with E-state index < -0.39 is 5.97 Å². The van der Waals surface area contributed by atoms with Crippen molar-refractivity contribution in [1.82, 2.24) is 20.3 Å². The minimum atomic E-state index is -0.624. The number of aromatic nitrogens is 3. The molecular formula is C12H20N4O5. The number of esters is 1. The van der Waals surface area contributed by atoms with Gasteiger partial charge in [0, 0.05) is 20.3 Å². The Morgan fingerprint density at radius 2 is 2.00 bits per heavy atom. The van der Waals surface area contributed by atoms with Crippen molar-refractivity contribution in [3.63, 3.8) is 0 Å². The van der Waals surface area contributed by atoms with Gasteiger partial charge in [-0.15, -0.1) is 5.10 Å². The van der Waals surface area contributed by atoms with Gasteiger partial charge in [-0.1, -0.05) is 5.21 Å².